The number of fused-ring (bicyclic) bond motifs is 2. The van der Waals surface area contributed by atoms with Crippen LogP contribution in [0.25, 0.3) is 55.8 Å². The van der Waals surface area contributed by atoms with E-state index in [2.05, 4.69) is 98.0 Å². The second-order valence-electron chi connectivity index (χ2n) is 18.8. The first-order valence-electron chi connectivity index (χ1n) is 28.0. The number of hydrogen-bond donors (Lipinski definition) is 0. The van der Waals surface area contributed by atoms with E-state index in [1.54, 1.807) is 12.1 Å². The molecule has 1 aliphatic heterocycles. The molecule has 0 amide bonds. The van der Waals surface area contributed by atoms with Crippen molar-refractivity contribution in [2.24, 2.45) is 0 Å². The number of ether oxygens (including phenoxy) is 1. The van der Waals surface area contributed by atoms with Crippen molar-refractivity contribution in [3.63, 3.8) is 0 Å². The Labute approximate surface area is 449 Å². The van der Waals surface area contributed by atoms with Gasteiger partial charge in [-0.3, -0.25) is 0 Å². The Hall–Kier alpha value is -8.25. The summed E-state index contributed by atoms with van der Waals surface area (Å²) in [4.78, 5) is 9.50. The zero-order valence-electron chi connectivity index (χ0n) is 48.1. The molecule has 0 fully saturated rings. The molecule has 1 aliphatic rings. The van der Waals surface area contributed by atoms with E-state index < -0.39 is 32.0 Å². The number of aryl methyl sites for hydroxylation is 1. The molecule has 6 nitrogen and oxygen atoms in total. The molecule has 0 bridgehead atoms. The van der Waals surface area contributed by atoms with Crippen molar-refractivity contribution in [1.29, 1.82) is 0 Å². The first-order chi connectivity index (χ1) is 39.0. The average molecular weight is 1130 g/mol. The SMILES string of the molecule is [2H]c1c([2H])c([2H])c(-c2cccc(-c3ccccc3)c2-n2[c](=[Pt])n(-c3[c-]c(Oc4cc(C([2H])([2H])[2H])cc(N5B(c6ccccc6)N(c6ccccc6)c6ccc[c-]c65)n4)c(-c4ccccc4C(C)(C)C)cc3)c3ccccc32)c([2H])c1[2H]. The van der Waals surface area contributed by atoms with Crippen molar-refractivity contribution in [3.05, 3.63) is 257 Å². The Kier molecular flexibility index (Phi) is 9.80. The minimum atomic E-state index is -2.58. The van der Waals surface area contributed by atoms with Crippen LogP contribution < -0.4 is 19.8 Å². The van der Waals surface area contributed by atoms with Gasteiger partial charge in [-0.25, -0.2) is 0 Å². The second-order valence-corrected chi connectivity index (χ2v) is 19.8. The van der Waals surface area contributed by atoms with Crippen LogP contribution in [0.3, 0.4) is 0 Å². The van der Waals surface area contributed by atoms with Crippen LogP contribution in [0, 0.1) is 22.8 Å². The third-order valence-electron chi connectivity index (χ3n) is 13.2. The van der Waals surface area contributed by atoms with Gasteiger partial charge in [0.15, 0.2) is 0 Å². The topological polar surface area (TPSA) is 38.5 Å². The number of rotatable bonds is 10. The van der Waals surface area contributed by atoms with Gasteiger partial charge in [-0.2, -0.15) is 12.1 Å². The molecule has 0 aliphatic carbocycles. The Morgan fingerprint density at radius 3 is 2.01 bits per heavy atom. The number of pyridine rings is 1. The Morgan fingerprint density at radius 1 is 0.616 bits per heavy atom. The maximum atomic E-state index is 9.21. The monoisotopic (exact) mass is 1130 g/mol. The number of nitrogens with zero attached hydrogens (tertiary/aromatic N) is 5. The number of benzene rings is 9. The summed E-state index contributed by atoms with van der Waals surface area (Å²) in [5.41, 5.74) is 10.6. The zero-order chi connectivity index (χ0) is 56.5. The summed E-state index contributed by atoms with van der Waals surface area (Å²) in [6.45, 7) is 3.38. The van der Waals surface area contributed by atoms with Crippen LogP contribution in [0.5, 0.6) is 11.6 Å². The summed E-state index contributed by atoms with van der Waals surface area (Å²) >= 11 is 2.29. The Balaban J connectivity index is 1.09. The summed E-state index contributed by atoms with van der Waals surface area (Å²) in [7, 11) is 0. The molecule has 2 aromatic heterocycles. The molecule has 0 radical (unpaired) electrons. The van der Waals surface area contributed by atoms with Gasteiger partial charge in [0.1, 0.15) is 0 Å². The first kappa shape index (κ1) is 37.5. The summed E-state index contributed by atoms with van der Waals surface area (Å²) in [5, 5.41) is 0. The molecule has 356 valence electrons. The molecule has 0 atom stereocenters. The van der Waals surface area contributed by atoms with E-state index in [-0.39, 0.29) is 40.3 Å². The molecule has 8 heteroatoms. The molecule has 0 unspecified atom stereocenters. The van der Waals surface area contributed by atoms with Crippen LogP contribution in [-0.2, 0) is 24.8 Å². The van der Waals surface area contributed by atoms with Crippen LogP contribution in [0.4, 0.5) is 22.9 Å². The van der Waals surface area contributed by atoms with Crippen LogP contribution in [0.1, 0.15) is 42.9 Å². The third kappa shape index (κ3) is 8.44. The second kappa shape index (κ2) is 19.1. The summed E-state index contributed by atoms with van der Waals surface area (Å²) in [5.74, 6) is 0.655. The zero-order valence-corrected chi connectivity index (χ0v) is 42.4. The number of hydrogen-bond acceptors (Lipinski definition) is 4. The molecule has 3 heterocycles. The molecule has 0 spiro atoms. The maximum absolute atomic E-state index is 9.21. The van der Waals surface area contributed by atoms with Crippen LogP contribution in [-0.4, -0.2) is 21.1 Å². The van der Waals surface area contributed by atoms with E-state index in [4.69, 9.17) is 17.9 Å². The summed E-state index contributed by atoms with van der Waals surface area (Å²) in [6, 6.07) is 69.7. The first-order valence-corrected chi connectivity index (χ1v) is 25.1. The van der Waals surface area contributed by atoms with Gasteiger partial charge in [0.2, 0.25) is 0 Å². The number of imidazole rings is 1. The quantitative estimate of drug-likeness (QED) is 0.101. The number of para-hydroxylation sites is 5. The number of anilines is 4. The van der Waals surface area contributed by atoms with Gasteiger partial charge >= 0.3 is 367 Å². The molecule has 9 aromatic carbocycles. The van der Waals surface area contributed by atoms with Crippen molar-refractivity contribution < 1.29 is 35.1 Å². The molecular weight excluding hydrogens is 1070 g/mol. The Bertz CT molecular complexity index is 4270. The summed E-state index contributed by atoms with van der Waals surface area (Å²) in [6.07, 6.45) is 0. The van der Waals surface area contributed by atoms with Gasteiger partial charge in [0, 0.05) is 5.69 Å². The van der Waals surface area contributed by atoms with E-state index in [0.29, 0.717) is 37.8 Å². The predicted molar refractivity (Wildman–Crippen MR) is 297 cm³/mol. The van der Waals surface area contributed by atoms with Crippen molar-refractivity contribution in [2.75, 3.05) is 9.62 Å². The molecule has 0 saturated heterocycles. The van der Waals surface area contributed by atoms with E-state index in [1.807, 2.05) is 155 Å². The van der Waals surface area contributed by atoms with Gasteiger partial charge in [-0.15, -0.1) is 6.07 Å². The number of aromatic nitrogens is 3. The van der Waals surface area contributed by atoms with Gasteiger partial charge in [-0.05, 0) is 12.1 Å². The van der Waals surface area contributed by atoms with Crippen molar-refractivity contribution in [2.45, 2.75) is 33.0 Å². The van der Waals surface area contributed by atoms with Gasteiger partial charge in [-0.1, -0.05) is 48.5 Å². The fourth-order valence-electron chi connectivity index (χ4n) is 10.0. The van der Waals surface area contributed by atoms with E-state index in [0.717, 1.165) is 50.1 Å². The van der Waals surface area contributed by atoms with Crippen LogP contribution in [0.15, 0.2) is 230 Å². The standard InChI is InChI=1S/C65H50BN5O.Pt/c1-46-42-62(71-60-39-22-21-38-59(60)70(50-30-15-8-16-31-50)66(71)49-28-13-7-14-29-49)67-63(43-46)72-61-44-51(40-41-55(61)54-32-17-18-35-56(54)65(2,3)4)68-45-69(58-37-20-19-36-57(58)68)64-52(47-24-9-5-10-25-47)33-23-34-53(64)48-26-11-6-12-27-48;/h5-38,40-43H,1-4H3;/q-2;/i1D3,5D,9D,10D,24D,25D;. The third-order valence-corrected chi connectivity index (χ3v) is 14.2. The van der Waals surface area contributed by atoms with Crippen molar-refractivity contribution in [1.82, 2.24) is 14.1 Å². The Morgan fingerprint density at radius 2 is 1.27 bits per heavy atom. The van der Waals surface area contributed by atoms with Gasteiger partial charge in [0.25, 0.3) is 0 Å². The van der Waals surface area contributed by atoms with E-state index in [9.17, 15) is 2.74 Å². The van der Waals surface area contributed by atoms with Gasteiger partial charge < -0.3 is 0 Å². The average Bonchev–Trinajstić information content (AvgIpc) is 4.24. The molecule has 73 heavy (non-hydrogen) atoms. The van der Waals surface area contributed by atoms with E-state index >= 15 is 0 Å². The molecule has 0 N–H and O–H groups in total. The fraction of sp³-hybridized carbons (Fsp3) is 0.0769. The normalized spacial score (nSPS) is 14.1. The van der Waals surface area contributed by atoms with Gasteiger partial charge in [0.05, 0.1) is 0 Å². The van der Waals surface area contributed by atoms with Crippen molar-refractivity contribution >= 4 is 46.4 Å². The van der Waals surface area contributed by atoms with Crippen molar-refractivity contribution in [3.8, 4) is 56.4 Å². The van der Waals surface area contributed by atoms with Crippen LogP contribution in [0.2, 0.25) is 0 Å². The summed E-state index contributed by atoms with van der Waals surface area (Å²) < 4.78 is 82.9. The van der Waals surface area contributed by atoms with Crippen LogP contribution >= 0.6 is 0 Å². The molecular formula is C65H50BN5OPt-2. The molecule has 0 saturated carbocycles. The molecule has 12 rings (SSSR count). The fourth-order valence-corrected chi connectivity index (χ4v) is 11.1. The predicted octanol–water partition coefficient (Wildman–Crippen LogP) is 15.6. The minimum absolute atomic E-state index is 0.0249. The van der Waals surface area contributed by atoms with E-state index in [1.165, 1.54) is 6.07 Å². The molecule has 11 aromatic rings.